The van der Waals surface area contributed by atoms with E-state index >= 15 is 0 Å². The third kappa shape index (κ3) is 2.96. The number of rotatable bonds is 2. The van der Waals surface area contributed by atoms with E-state index in [0.717, 1.165) is 10.5 Å². The van der Waals surface area contributed by atoms with Crippen molar-refractivity contribution in [2.45, 2.75) is 10.1 Å². The number of carboxylic acid groups (broad SMARTS) is 1. The van der Waals surface area contributed by atoms with Crippen molar-refractivity contribution in [1.29, 1.82) is 0 Å². The van der Waals surface area contributed by atoms with E-state index in [1.165, 1.54) is 4.90 Å². The minimum Gasteiger partial charge on any atom is -0.465 e. The Morgan fingerprint density at radius 2 is 2.12 bits per heavy atom. The molecule has 1 aliphatic heterocycles. The number of hydrogen-bond donors (Lipinski definition) is 1. The zero-order valence-electron chi connectivity index (χ0n) is 9.10. The van der Waals surface area contributed by atoms with Crippen LogP contribution in [-0.2, 0) is 0 Å². The molecule has 1 saturated heterocycles. The van der Waals surface area contributed by atoms with Gasteiger partial charge in [0.25, 0.3) is 0 Å². The highest BCUT2D eigenvalue weighted by atomic mass is 35.5. The second-order valence-corrected chi connectivity index (χ2v) is 5.59. The molecule has 90 valence electrons. The summed E-state index contributed by atoms with van der Waals surface area (Å²) in [7, 11) is 0. The first-order chi connectivity index (χ1) is 8.06. The van der Waals surface area contributed by atoms with Crippen LogP contribution in [0.1, 0.15) is 0 Å². The van der Waals surface area contributed by atoms with Crippen LogP contribution in [0.5, 0.6) is 0 Å². The molecule has 1 N–H and O–H groups in total. The Morgan fingerprint density at radius 1 is 1.47 bits per heavy atom. The van der Waals surface area contributed by atoms with Gasteiger partial charge in [-0.1, -0.05) is 18.2 Å². The van der Waals surface area contributed by atoms with Gasteiger partial charge in [-0.15, -0.1) is 11.8 Å². The largest absolute Gasteiger partial charge is 0.465 e. The molecule has 1 unspecified atom stereocenters. The summed E-state index contributed by atoms with van der Waals surface area (Å²) in [5, 5.41) is 9.74. The fraction of sp³-hybridized carbons (Fsp3) is 0.250. The lowest BCUT2D eigenvalue weighted by atomic mass is 10.3. The van der Waals surface area contributed by atoms with Crippen molar-refractivity contribution in [2.75, 3.05) is 13.1 Å². The van der Waals surface area contributed by atoms with Gasteiger partial charge < -0.3 is 10.0 Å². The van der Waals surface area contributed by atoms with Gasteiger partial charge in [0, 0.05) is 28.3 Å². The number of benzene rings is 1. The van der Waals surface area contributed by atoms with Crippen molar-refractivity contribution in [3.05, 3.63) is 41.4 Å². The summed E-state index contributed by atoms with van der Waals surface area (Å²) in [4.78, 5) is 13.3. The Bertz CT molecular complexity index is 446. The van der Waals surface area contributed by atoms with Gasteiger partial charge in [-0.25, -0.2) is 4.79 Å². The van der Waals surface area contributed by atoms with Crippen molar-refractivity contribution in [3.8, 4) is 0 Å². The Kier molecular flexibility index (Phi) is 3.64. The second kappa shape index (κ2) is 5.02. The van der Waals surface area contributed by atoms with Crippen LogP contribution in [0.2, 0.25) is 5.02 Å². The van der Waals surface area contributed by atoms with Gasteiger partial charge in [0.2, 0.25) is 0 Å². The van der Waals surface area contributed by atoms with Crippen LogP contribution in [0, 0.1) is 0 Å². The predicted molar refractivity (Wildman–Crippen MR) is 69.8 cm³/mol. The molecule has 1 atom stereocenters. The molecule has 0 radical (unpaired) electrons. The van der Waals surface area contributed by atoms with E-state index in [2.05, 4.69) is 6.58 Å². The van der Waals surface area contributed by atoms with Crippen LogP contribution in [-0.4, -0.2) is 34.4 Å². The molecular formula is C12H12ClNO2S. The molecule has 17 heavy (non-hydrogen) atoms. The molecule has 0 aliphatic carbocycles. The molecule has 2 rings (SSSR count). The number of halogens is 1. The Morgan fingerprint density at radius 3 is 2.65 bits per heavy atom. The summed E-state index contributed by atoms with van der Waals surface area (Å²) in [6.07, 6.45) is -0.884. The highest BCUT2D eigenvalue weighted by Gasteiger charge is 2.29. The van der Waals surface area contributed by atoms with Gasteiger partial charge in [-0.2, -0.15) is 0 Å². The molecular weight excluding hydrogens is 258 g/mol. The van der Waals surface area contributed by atoms with Crippen molar-refractivity contribution in [1.82, 2.24) is 4.90 Å². The molecule has 3 nitrogen and oxygen atoms in total. The minimum atomic E-state index is -0.884. The van der Waals surface area contributed by atoms with Gasteiger partial charge >= 0.3 is 6.09 Å². The van der Waals surface area contributed by atoms with Gasteiger partial charge in [0.05, 0.1) is 0 Å². The Labute approximate surface area is 109 Å². The normalized spacial score (nSPS) is 19.7. The molecule has 0 saturated carbocycles. The van der Waals surface area contributed by atoms with Crippen molar-refractivity contribution in [2.24, 2.45) is 0 Å². The molecule has 1 amide bonds. The molecule has 1 aromatic rings. The van der Waals surface area contributed by atoms with Gasteiger partial charge in [0.1, 0.15) is 0 Å². The standard InChI is InChI=1S/C12H12ClNO2S/c1-8-6-14(12(15)16)7-11(8)17-10-4-2-9(13)3-5-10/h2-5,11H,1,6-7H2,(H,15,16). The quantitative estimate of drug-likeness (QED) is 0.837. The first-order valence-corrected chi connectivity index (χ1v) is 6.40. The fourth-order valence-electron chi connectivity index (χ4n) is 1.68. The average molecular weight is 270 g/mol. The summed E-state index contributed by atoms with van der Waals surface area (Å²) < 4.78 is 0. The number of carbonyl (C=O) groups is 1. The Balaban J connectivity index is 2.02. The van der Waals surface area contributed by atoms with Crippen molar-refractivity contribution < 1.29 is 9.90 Å². The van der Waals surface area contributed by atoms with Crippen LogP contribution in [0.3, 0.4) is 0 Å². The number of hydrogen-bond acceptors (Lipinski definition) is 2. The highest BCUT2D eigenvalue weighted by Crippen LogP contribution is 2.32. The number of nitrogens with zero attached hydrogens (tertiary/aromatic N) is 1. The van der Waals surface area contributed by atoms with Crippen molar-refractivity contribution >= 4 is 29.5 Å². The monoisotopic (exact) mass is 269 g/mol. The SMILES string of the molecule is C=C1CN(C(=O)O)CC1Sc1ccc(Cl)cc1. The zero-order valence-corrected chi connectivity index (χ0v) is 10.7. The molecule has 0 aromatic heterocycles. The van der Waals surface area contributed by atoms with E-state index in [1.54, 1.807) is 11.8 Å². The summed E-state index contributed by atoms with van der Waals surface area (Å²) in [5.74, 6) is 0. The van der Waals surface area contributed by atoms with Gasteiger partial charge in [-0.3, -0.25) is 0 Å². The number of thioether (sulfide) groups is 1. The molecule has 0 bridgehead atoms. The molecule has 1 aromatic carbocycles. The smallest absolute Gasteiger partial charge is 0.407 e. The zero-order chi connectivity index (χ0) is 12.4. The van der Waals surface area contributed by atoms with Gasteiger partial charge in [0.15, 0.2) is 0 Å². The van der Waals surface area contributed by atoms with E-state index in [0.29, 0.717) is 18.1 Å². The van der Waals surface area contributed by atoms with E-state index in [4.69, 9.17) is 16.7 Å². The summed E-state index contributed by atoms with van der Waals surface area (Å²) in [6, 6.07) is 7.53. The molecule has 1 heterocycles. The van der Waals surface area contributed by atoms with Crippen molar-refractivity contribution in [3.63, 3.8) is 0 Å². The highest BCUT2D eigenvalue weighted by molar-refractivity contribution is 8.00. The van der Waals surface area contributed by atoms with Crippen LogP contribution >= 0.6 is 23.4 Å². The maximum absolute atomic E-state index is 10.8. The third-order valence-corrected chi connectivity index (χ3v) is 4.16. The molecule has 1 aliphatic rings. The van der Waals surface area contributed by atoms with E-state index in [1.807, 2.05) is 24.3 Å². The van der Waals surface area contributed by atoms with E-state index in [9.17, 15) is 4.79 Å². The van der Waals surface area contributed by atoms with Crippen LogP contribution in [0.4, 0.5) is 4.79 Å². The summed E-state index contributed by atoms with van der Waals surface area (Å²) in [5.41, 5.74) is 0.951. The van der Waals surface area contributed by atoms with Crippen LogP contribution in [0.25, 0.3) is 0 Å². The lowest BCUT2D eigenvalue weighted by molar-refractivity contribution is 0.157. The summed E-state index contributed by atoms with van der Waals surface area (Å²) in [6.45, 7) is 4.86. The molecule has 1 fully saturated rings. The van der Waals surface area contributed by atoms with Crippen LogP contribution in [0.15, 0.2) is 41.3 Å². The topological polar surface area (TPSA) is 40.5 Å². The number of amides is 1. The molecule has 5 heteroatoms. The first-order valence-electron chi connectivity index (χ1n) is 5.14. The maximum Gasteiger partial charge on any atom is 0.407 e. The number of likely N-dealkylation sites (tertiary alicyclic amines) is 1. The maximum atomic E-state index is 10.8. The summed E-state index contributed by atoms with van der Waals surface area (Å²) >= 11 is 7.43. The lowest BCUT2D eigenvalue weighted by Gasteiger charge is -2.11. The fourth-order valence-corrected chi connectivity index (χ4v) is 2.93. The molecule has 0 spiro atoms. The first kappa shape index (κ1) is 12.3. The Hall–Kier alpha value is -1.13. The van der Waals surface area contributed by atoms with E-state index < -0.39 is 6.09 Å². The van der Waals surface area contributed by atoms with Crippen LogP contribution < -0.4 is 0 Å². The average Bonchev–Trinajstić information content (AvgIpc) is 2.64. The third-order valence-electron chi connectivity index (χ3n) is 2.60. The van der Waals surface area contributed by atoms with Gasteiger partial charge in [-0.05, 0) is 29.8 Å². The lowest BCUT2D eigenvalue weighted by Crippen LogP contribution is -2.27. The predicted octanol–water partition coefficient (Wildman–Crippen LogP) is 3.35. The minimum absolute atomic E-state index is 0.132. The van der Waals surface area contributed by atoms with E-state index in [-0.39, 0.29) is 5.25 Å². The second-order valence-electron chi connectivity index (χ2n) is 3.88.